The molecular formula is C17H21N3O. The van der Waals surface area contributed by atoms with E-state index in [1.165, 1.54) is 0 Å². The summed E-state index contributed by atoms with van der Waals surface area (Å²) >= 11 is 0. The van der Waals surface area contributed by atoms with E-state index in [9.17, 15) is 4.79 Å². The van der Waals surface area contributed by atoms with Gasteiger partial charge in [-0.1, -0.05) is 13.0 Å². The molecule has 4 heteroatoms. The highest BCUT2D eigenvalue weighted by Gasteiger charge is 2.12. The van der Waals surface area contributed by atoms with Crippen LogP contribution in [0.1, 0.15) is 35.0 Å². The molecular weight excluding hydrogens is 262 g/mol. The third-order valence-electron chi connectivity index (χ3n) is 3.24. The van der Waals surface area contributed by atoms with Crippen molar-refractivity contribution in [1.29, 1.82) is 0 Å². The molecule has 0 bridgehead atoms. The summed E-state index contributed by atoms with van der Waals surface area (Å²) < 4.78 is 0. The standard InChI is InChI=1S/C17H21N3O/c1-4-9-19-16-11-12(2)7-8-14(16)17(21)20-15-6-5-10-18-13(15)3/h5-8,10-11,19H,4,9H2,1-3H3,(H,20,21). The van der Waals surface area contributed by atoms with Crippen molar-refractivity contribution >= 4 is 17.3 Å². The van der Waals surface area contributed by atoms with E-state index >= 15 is 0 Å². The highest BCUT2D eigenvalue weighted by molar-refractivity contribution is 6.08. The van der Waals surface area contributed by atoms with Crippen LogP contribution in [-0.2, 0) is 0 Å². The third-order valence-corrected chi connectivity index (χ3v) is 3.24. The Labute approximate surface area is 125 Å². The first-order valence-electron chi connectivity index (χ1n) is 7.19. The number of hydrogen-bond donors (Lipinski definition) is 2. The lowest BCUT2D eigenvalue weighted by atomic mass is 10.1. The fraction of sp³-hybridized carbons (Fsp3) is 0.294. The van der Waals surface area contributed by atoms with Gasteiger partial charge in [-0.15, -0.1) is 0 Å². The zero-order valence-electron chi connectivity index (χ0n) is 12.7. The van der Waals surface area contributed by atoms with Gasteiger partial charge in [0, 0.05) is 18.4 Å². The monoisotopic (exact) mass is 283 g/mol. The number of benzene rings is 1. The predicted molar refractivity (Wildman–Crippen MR) is 86.9 cm³/mol. The molecule has 0 spiro atoms. The Balaban J connectivity index is 2.24. The SMILES string of the molecule is CCCNc1cc(C)ccc1C(=O)Nc1cccnc1C. The van der Waals surface area contributed by atoms with Gasteiger partial charge < -0.3 is 10.6 Å². The fourth-order valence-corrected chi connectivity index (χ4v) is 2.07. The number of hydrogen-bond acceptors (Lipinski definition) is 3. The minimum absolute atomic E-state index is 0.121. The van der Waals surface area contributed by atoms with Gasteiger partial charge >= 0.3 is 0 Å². The molecule has 1 heterocycles. The maximum Gasteiger partial charge on any atom is 0.257 e. The number of pyridine rings is 1. The van der Waals surface area contributed by atoms with E-state index in [4.69, 9.17) is 0 Å². The number of carbonyl (C=O) groups is 1. The number of amides is 1. The number of carbonyl (C=O) groups excluding carboxylic acids is 1. The first kappa shape index (κ1) is 15.0. The van der Waals surface area contributed by atoms with Crippen molar-refractivity contribution in [2.75, 3.05) is 17.2 Å². The van der Waals surface area contributed by atoms with Crippen LogP contribution in [0, 0.1) is 13.8 Å². The predicted octanol–water partition coefficient (Wildman–Crippen LogP) is 3.77. The van der Waals surface area contributed by atoms with Crippen molar-refractivity contribution in [1.82, 2.24) is 4.98 Å². The van der Waals surface area contributed by atoms with Crippen molar-refractivity contribution in [3.63, 3.8) is 0 Å². The van der Waals surface area contributed by atoms with Gasteiger partial charge in [0.1, 0.15) is 0 Å². The van der Waals surface area contributed by atoms with Gasteiger partial charge in [0.2, 0.25) is 0 Å². The van der Waals surface area contributed by atoms with E-state index in [1.54, 1.807) is 6.20 Å². The second-order valence-electron chi connectivity index (χ2n) is 5.07. The highest BCUT2D eigenvalue weighted by atomic mass is 16.1. The smallest absolute Gasteiger partial charge is 0.257 e. The molecule has 0 saturated carbocycles. The van der Waals surface area contributed by atoms with Crippen molar-refractivity contribution in [2.45, 2.75) is 27.2 Å². The average molecular weight is 283 g/mol. The van der Waals surface area contributed by atoms with E-state index in [0.717, 1.165) is 35.6 Å². The van der Waals surface area contributed by atoms with Crippen LogP contribution in [0.4, 0.5) is 11.4 Å². The van der Waals surface area contributed by atoms with E-state index in [1.807, 2.05) is 44.2 Å². The zero-order chi connectivity index (χ0) is 15.2. The van der Waals surface area contributed by atoms with Crippen LogP contribution >= 0.6 is 0 Å². The summed E-state index contributed by atoms with van der Waals surface area (Å²) in [5, 5.41) is 6.23. The van der Waals surface area contributed by atoms with E-state index < -0.39 is 0 Å². The third kappa shape index (κ3) is 3.81. The molecule has 0 aliphatic carbocycles. The molecule has 2 N–H and O–H groups in total. The molecule has 2 aromatic rings. The molecule has 0 aliphatic heterocycles. The van der Waals surface area contributed by atoms with Gasteiger partial charge in [-0.2, -0.15) is 0 Å². The second-order valence-corrected chi connectivity index (χ2v) is 5.07. The topological polar surface area (TPSA) is 54.0 Å². The van der Waals surface area contributed by atoms with Gasteiger partial charge in [-0.3, -0.25) is 9.78 Å². The molecule has 1 amide bonds. The summed E-state index contributed by atoms with van der Waals surface area (Å²) in [5.41, 5.74) is 4.20. The summed E-state index contributed by atoms with van der Waals surface area (Å²) in [4.78, 5) is 16.7. The molecule has 0 fully saturated rings. The minimum atomic E-state index is -0.121. The lowest BCUT2D eigenvalue weighted by molar-refractivity contribution is 0.102. The van der Waals surface area contributed by atoms with Crippen molar-refractivity contribution in [2.24, 2.45) is 0 Å². The van der Waals surface area contributed by atoms with Crippen LogP contribution < -0.4 is 10.6 Å². The summed E-state index contributed by atoms with van der Waals surface area (Å²) in [7, 11) is 0. The molecule has 0 unspecified atom stereocenters. The van der Waals surface area contributed by atoms with Gasteiger partial charge in [-0.05, 0) is 50.1 Å². The van der Waals surface area contributed by atoms with Crippen molar-refractivity contribution < 1.29 is 4.79 Å². The number of aromatic nitrogens is 1. The molecule has 2 rings (SSSR count). The van der Waals surface area contributed by atoms with E-state index in [2.05, 4.69) is 22.5 Å². The molecule has 0 saturated heterocycles. The largest absolute Gasteiger partial charge is 0.384 e. The summed E-state index contributed by atoms with van der Waals surface area (Å²) in [6.45, 7) is 6.84. The summed E-state index contributed by atoms with van der Waals surface area (Å²) in [6.07, 6.45) is 2.72. The lowest BCUT2D eigenvalue weighted by Gasteiger charge is -2.13. The van der Waals surface area contributed by atoms with Crippen LogP contribution in [0.25, 0.3) is 0 Å². The summed E-state index contributed by atoms with van der Waals surface area (Å²) in [5.74, 6) is -0.121. The molecule has 0 atom stereocenters. The maximum absolute atomic E-state index is 12.5. The van der Waals surface area contributed by atoms with Crippen LogP contribution in [0.5, 0.6) is 0 Å². The Hall–Kier alpha value is -2.36. The number of aryl methyl sites for hydroxylation is 2. The van der Waals surface area contributed by atoms with E-state index in [-0.39, 0.29) is 5.91 Å². The Morgan fingerprint density at radius 3 is 2.71 bits per heavy atom. The van der Waals surface area contributed by atoms with E-state index in [0.29, 0.717) is 5.56 Å². The number of nitrogens with one attached hydrogen (secondary N) is 2. The Morgan fingerprint density at radius 2 is 2.00 bits per heavy atom. The molecule has 21 heavy (non-hydrogen) atoms. The van der Waals surface area contributed by atoms with Crippen LogP contribution in [0.2, 0.25) is 0 Å². The first-order valence-corrected chi connectivity index (χ1v) is 7.19. The highest BCUT2D eigenvalue weighted by Crippen LogP contribution is 2.20. The number of anilines is 2. The molecule has 4 nitrogen and oxygen atoms in total. The van der Waals surface area contributed by atoms with Gasteiger partial charge in [0.15, 0.2) is 0 Å². The molecule has 110 valence electrons. The Morgan fingerprint density at radius 1 is 1.19 bits per heavy atom. The van der Waals surface area contributed by atoms with Gasteiger partial charge in [0.25, 0.3) is 5.91 Å². The average Bonchev–Trinajstić information content (AvgIpc) is 2.47. The number of rotatable bonds is 5. The first-order chi connectivity index (χ1) is 10.1. The second kappa shape index (κ2) is 6.88. The quantitative estimate of drug-likeness (QED) is 0.878. The number of nitrogens with zero attached hydrogens (tertiary/aromatic N) is 1. The fourth-order valence-electron chi connectivity index (χ4n) is 2.07. The Kier molecular flexibility index (Phi) is 4.93. The zero-order valence-corrected chi connectivity index (χ0v) is 12.7. The van der Waals surface area contributed by atoms with Crippen molar-refractivity contribution in [3.8, 4) is 0 Å². The normalized spacial score (nSPS) is 10.2. The lowest BCUT2D eigenvalue weighted by Crippen LogP contribution is -2.16. The van der Waals surface area contributed by atoms with Crippen molar-refractivity contribution in [3.05, 3.63) is 53.3 Å². The van der Waals surface area contributed by atoms with Crippen LogP contribution in [0.3, 0.4) is 0 Å². The molecule has 0 aliphatic rings. The summed E-state index contributed by atoms with van der Waals surface area (Å²) in [6, 6.07) is 9.47. The van der Waals surface area contributed by atoms with Gasteiger partial charge in [-0.25, -0.2) is 0 Å². The molecule has 1 aromatic heterocycles. The van der Waals surface area contributed by atoms with Crippen LogP contribution in [0.15, 0.2) is 36.5 Å². The molecule has 0 radical (unpaired) electrons. The Bertz CT molecular complexity index is 638. The van der Waals surface area contributed by atoms with Gasteiger partial charge in [0.05, 0.1) is 16.9 Å². The molecule has 1 aromatic carbocycles. The maximum atomic E-state index is 12.5. The minimum Gasteiger partial charge on any atom is -0.384 e. The van der Waals surface area contributed by atoms with Crippen LogP contribution in [-0.4, -0.2) is 17.4 Å².